The van der Waals surface area contributed by atoms with E-state index in [1.807, 2.05) is 11.5 Å². The first-order valence-corrected chi connectivity index (χ1v) is 6.21. The van der Waals surface area contributed by atoms with Gasteiger partial charge >= 0.3 is 0 Å². The molecule has 1 unspecified atom stereocenters. The Morgan fingerprint density at radius 3 is 3.00 bits per heavy atom. The summed E-state index contributed by atoms with van der Waals surface area (Å²) in [5.41, 5.74) is 0.452. The second-order valence-corrected chi connectivity index (χ2v) is 4.56. The third-order valence-corrected chi connectivity index (χ3v) is 3.37. The summed E-state index contributed by atoms with van der Waals surface area (Å²) >= 11 is 0. The van der Waals surface area contributed by atoms with Crippen LogP contribution in [-0.2, 0) is 6.54 Å². The van der Waals surface area contributed by atoms with Crippen molar-refractivity contribution in [2.45, 2.75) is 19.5 Å². The second kappa shape index (κ2) is 4.62. The van der Waals surface area contributed by atoms with Gasteiger partial charge in [-0.3, -0.25) is 0 Å². The fourth-order valence-corrected chi connectivity index (χ4v) is 2.34. The zero-order valence-electron chi connectivity index (χ0n) is 10.9. The maximum absolute atomic E-state index is 14.1. The number of ether oxygens (including phenoxy) is 1. The van der Waals surface area contributed by atoms with Crippen LogP contribution in [-0.4, -0.2) is 28.4 Å². The van der Waals surface area contributed by atoms with Crippen molar-refractivity contribution >= 4 is 0 Å². The van der Waals surface area contributed by atoms with Gasteiger partial charge in [-0.1, -0.05) is 0 Å². The average molecular weight is 262 g/mol. The lowest BCUT2D eigenvalue weighted by atomic mass is 10.1. The van der Waals surface area contributed by atoms with Gasteiger partial charge in [-0.25, -0.2) is 4.39 Å². The minimum atomic E-state index is -0.347. The van der Waals surface area contributed by atoms with E-state index in [-0.39, 0.29) is 11.9 Å². The molecule has 0 amide bonds. The van der Waals surface area contributed by atoms with Crippen LogP contribution < -0.4 is 10.1 Å². The average Bonchev–Trinajstić information content (AvgIpc) is 2.84. The number of fused-ring (bicyclic) bond motifs is 1. The highest BCUT2D eigenvalue weighted by Crippen LogP contribution is 2.27. The highest BCUT2D eigenvalue weighted by atomic mass is 19.1. The monoisotopic (exact) mass is 262 g/mol. The molecule has 0 saturated heterocycles. The normalized spacial score (nSPS) is 18.2. The Hall–Kier alpha value is -1.95. The van der Waals surface area contributed by atoms with E-state index in [1.54, 1.807) is 12.1 Å². The number of nitrogens with one attached hydrogen (secondary N) is 1. The second-order valence-electron chi connectivity index (χ2n) is 4.56. The van der Waals surface area contributed by atoms with E-state index in [1.165, 1.54) is 13.2 Å². The summed E-state index contributed by atoms with van der Waals surface area (Å²) in [6.45, 7) is 3.60. The van der Waals surface area contributed by atoms with Crippen LogP contribution in [0.25, 0.3) is 11.4 Å². The minimum absolute atomic E-state index is 0.135. The fraction of sp³-hybridized carbons (Fsp3) is 0.385. The maximum atomic E-state index is 14.1. The molecule has 0 bridgehead atoms. The van der Waals surface area contributed by atoms with Crippen molar-refractivity contribution in [1.82, 2.24) is 20.1 Å². The fourth-order valence-electron chi connectivity index (χ4n) is 2.34. The smallest absolute Gasteiger partial charge is 0.167 e. The predicted molar refractivity (Wildman–Crippen MR) is 68.4 cm³/mol. The van der Waals surface area contributed by atoms with Gasteiger partial charge in [0, 0.05) is 19.2 Å². The van der Waals surface area contributed by atoms with Gasteiger partial charge in [0.1, 0.15) is 17.4 Å². The number of aromatic nitrogens is 3. The molecule has 0 aliphatic carbocycles. The quantitative estimate of drug-likeness (QED) is 0.896. The topological polar surface area (TPSA) is 52.0 Å². The lowest BCUT2D eigenvalue weighted by Gasteiger charge is -2.22. The van der Waals surface area contributed by atoms with Crippen molar-refractivity contribution in [1.29, 1.82) is 0 Å². The van der Waals surface area contributed by atoms with Crippen LogP contribution in [0.2, 0.25) is 0 Å². The molecule has 1 aromatic carbocycles. The summed E-state index contributed by atoms with van der Waals surface area (Å²) in [7, 11) is 1.51. The van der Waals surface area contributed by atoms with Crippen molar-refractivity contribution in [3.8, 4) is 17.1 Å². The van der Waals surface area contributed by atoms with Crippen LogP contribution in [0.5, 0.6) is 5.75 Å². The summed E-state index contributed by atoms with van der Waals surface area (Å²) in [6.07, 6.45) is 0. The predicted octanol–water partition coefficient (Wildman–Crippen LogP) is 1.76. The molecule has 1 aliphatic heterocycles. The highest BCUT2D eigenvalue weighted by molar-refractivity contribution is 5.58. The summed E-state index contributed by atoms with van der Waals surface area (Å²) in [6, 6.07) is 4.90. The van der Waals surface area contributed by atoms with Gasteiger partial charge in [-0.05, 0) is 19.1 Å². The number of benzene rings is 1. The summed E-state index contributed by atoms with van der Waals surface area (Å²) < 4.78 is 21.1. The van der Waals surface area contributed by atoms with Crippen LogP contribution in [0.15, 0.2) is 18.2 Å². The van der Waals surface area contributed by atoms with Gasteiger partial charge in [0.25, 0.3) is 0 Å². The van der Waals surface area contributed by atoms with Crippen molar-refractivity contribution in [3.05, 3.63) is 29.8 Å². The number of nitrogens with zero attached hydrogens (tertiary/aromatic N) is 3. The zero-order chi connectivity index (χ0) is 13.4. The summed E-state index contributed by atoms with van der Waals surface area (Å²) in [5, 5.41) is 11.6. The Morgan fingerprint density at radius 1 is 1.42 bits per heavy atom. The largest absolute Gasteiger partial charge is 0.497 e. The summed E-state index contributed by atoms with van der Waals surface area (Å²) in [5.74, 6) is 1.57. The van der Waals surface area contributed by atoms with Gasteiger partial charge in [0.2, 0.25) is 0 Å². The molecule has 0 spiro atoms. The molecule has 1 N–H and O–H groups in total. The Bertz CT molecular complexity index is 611. The van der Waals surface area contributed by atoms with E-state index in [9.17, 15) is 4.39 Å². The number of halogens is 1. The molecule has 2 aromatic rings. The van der Waals surface area contributed by atoms with Crippen molar-refractivity contribution < 1.29 is 9.13 Å². The van der Waals surface area contributed by atoms with E-state index < -0.39 is 0 Å². The molecular weight excluding hydrogens is 247 g/mol. The van der Waals surface area contributed by atoms with Crippen LogP contribution in [0.3, 0.4) is 0 Å². The molecule has 1 aromatic heterocycles. The number of methoxy groups -OCH3 is 1. The Labute approximate surface area is 110 Å². The molecule has 1 aliphatic rings. The van der Waals surface area contributed by atoms with E-state index in [2.05, 4.69) is 15.5 Å². The standard InChI is InChI=1S/C13H15FN4O/c1-8-12-16-17-13(18(12)6-5-15-8)10-4-3-9(19-2)7-11(10)14/h3-4,7-8,15H,5-6H2,1-2H3. The van der Waals surface area contributed by atoms with Crippen LogP contribution in [0.4, 0.5) is 4.39 Å². The van der Waals surface area contributed by atoms with Crippen molar-refractivity contribution in [2.75, 3.05) is 13.7 Å². The molecule has 0 saturated carbocycles. The van der Waals surface area contributed by atoms with E-state index >= 15 is 0 Å². The first-order chi connectivity index (χ1) is 9.20. The van der Waals surface area contributed by atoms with Crippen molar-refractivity contribution in [2.24, 2.45) is 0 Å². The van der Waals surface area contributed by atoms with E-state index in [0.717, 1.165) is 18.9 Å². The number of hydrogen-bond acceptors (Lipinski definition) is 4. The Kier molecular flexibility index (Phi) is 2.94. The van der Waals surface area contributed by atoms with Crippen LogP contribution in [0, 0.1) is 5.82 Å². The molecule has 3 rings (SSSR count). The molecule has 5 nitrogen and oxygen atoms in total. The third-order valence-electron chi connectivity index (χ3n) is 3.37. The van der Waals surface area contributed by atoms with Crippen LogP contribution in [0.1, 0.15) is 18.8 Å². The highest BCUT2D eigenvalue weighted by Gasteiger charge is 2.23. The van der Waals surface area contributed by atoms with Gasteiger partial charge in [0.05, 0.1) is 18.7 Å². The molecule has 0 radical (unpaired) electrons. The first-order valence-electron chi connectivity index (χ1n) is 6.21. The third kappa shape index (κ3) is 1.98. The lowest BCUT2D eigenvalue weighted by Crippen LogP contribution is -2.32. The molecule has 0 fully saturated rings. The maximum Gasteiger partial charge on any atom is 0.167 e. The zero-order valence-corrected chi connectivity index (χ0v) is 10.9. The number of hydrogen-bond donors (Lipinski definition) is 1. The SMILES string of the molecule is COc1ccc(-c2nnc3n2CCNC3C)c(F)c1. The molecule has 1 atom stereocenters. The van der Waals surface area contributed by atoms with Crippen LogP contribution >= 0.6 is 0 Å². The van der Waals surface area contributed by atoms with Gasteiger partial charge in [0.15, 0.2) is 5.82 Å². The Balaban J connectivity index is 2.08. The molecule has 6 heteroatoms. The van der Waals surface area contributed by atoms with E-state index in [0.29, 0.717) is 17.1 Å². The lowest BCUT2D eigenvalue weighted by molar-refractivity contribution is 0.411. The summed E-state index contributed by atoms with van der Waals surface area (Å²) in [4.78, 5) is 0. The first kappa shape index (κ1) is 12.1. The molecule has 100 valence electrons. The molecular formula is C13H15FN4O. The Morgan fingerprint density at radius 2 is 2.26 bits per heavy atom. The van der Waals surface area contributed by atoms with Gasteiger partial charge in [-0.15, -0.1) is 10.2 Å². The van der Waals surface area contributed by atoms with Gasteiger partial charge in [-0.2, -0.15) is 0 Å². The van der Waals surface area contributed by atoms with Gasteiger partial charge < -0.3 is 14.6 Å². The molecule has 2 heterocycles. The van der Waals surface area contributed by atoms with E-state index in [4.69, 9.17) is 4.74 Å². The molecule has 19 heavy (non-hydrogen) atoms. The minimum Gasteiger partial charge on any atom is -0.497 e. The number of rotatable bonds is 2. The van der Waals surface area contributed by atoms with Crippen molar-refractivity contribution in [3.63, 3.8) is 0 Å².